The Hall–Kier alpha value is -4.35. The highest BCUT2D eigenvalue weighted by Crippen LogP contribution is 2.20. The molecule has 2 atom stereocenters. The van der Waals surface area contributed by atoms with Crippen LogP contribution in [0.15, 0.2) is 36.5 Å². The summed E-state index contributed by atoms with van der Waals surface area (Å²) in [5, 5.41) is 14.9. The largest absolute Gasteiger partial charge is 0.480 e. The summed E-state index contributed by atoms with van der Waals surface area (Å²) >= 11 is 0. The highest BCUT2D eigenvalue weighted by atomic mass is 16.4. The standard InChI is InChI=1S/C27H33N5O7/c1-16(2)13-20(27(38)39)30-22(33)15-31(3)26(37)24(35)21-9-6-12-32(21)23(34)14-29-25(36)18-10-11-28-19-8-5-4-7-17(18)19/h4-5,7-8,10-11,16,20-21H,6,9,12-15H2,1-3H3,(H,29,36)(H,30,33)(H,38,39)/t20?,21-/m0/s1. The second-order valence-electron chi connectivity index (χ2n) is 9.92. The van der Waals surface area contributed by atoms with E-state index in [1.165, 1.54) is 18.1 Å². The third kappa shape index (κ3) is 7.37. The zero-order chi connectivity index (χ0) is 28.7. The number of likely N-dealkylation sites (tertiary alicyclic amines) is 1. The van der Waals surface area contributed by atoms with E-state index in [0.29, 0.717) is 22.9 Å². The number of nitrogens with zero attached hydrogens (tertiary/aromatic N) is 3. The van der Waals surface area contributed by atoms with Gasteiger partial charge in [0.15, 0.2) is 0 Å². The molecule has 3 N–H and O–H groups in total. The van der Waals surface area contributed by atoms with Crippen molar-refractivity contribution >= 4 is 46.3 Å². The first kappa shape index (κ1) is 29.2. The Morgan fingerprint density at radius 1 is 1.13 bits per heavy atom. The molecule has 1 aliphatic heterocycles. The van der Waals surface area contributed by atoms with Gasteiger partial charge >= 0.3 is 5.97 Å². The molecule has 4 amide bonds. The number of carbonyl (C=O) groups excluding carboxylic acids is 5. The van der Waals surface area contributed by atoms with E-state index >= 15 is 0 Å². The zero-order valence-electron chi connectivity index (χ0n) is 22.2. The molecule has 3 rings (SSSR count). The summed E-state index contributed by atoms with van der Waals surface area (Å²) in [7, 11) is 1.26. The van der Waals surface area contributed by atoms with Gasteiger partial charge in [-0.1, -0.05) is 32.0 Å². The van der Waals surface area contributed by atoms with Gasteiger partial charge in [0.2, 0.25) is 17.6 Å². The fourth-order valence-corrected chi connectivity index (χ4v) is 4.54. The SMILES string of the molecule is CC(C)CC(NC(=O)CN(C)C(=O)C(=O)[C@@H]1CCCN1C(=O)CNC(=O)c1ccnc2ccccc12)C(=O)O. The fourth-order valence-electron chi connectivity index (χ4n) is 4.54. The highest BCUT2D eigenvalue weighted by Gasteiger charge is 2.38. The van der Waals surface area contributed by atoms with Crippen molar-refractivity contribution in [3.05, 3.63) is 42.1 Å². The number of fused-ring (bicyclic) bond motifs is 1. The van der Waals surface area contributed by atoms with Gasteiger partial charge in [-0.2, -0.15) is 0 Å². The summed E-state index contributed by atoms with van der Waals surface area (Å²) in [5.41, 5.74) is 0.993. The van der Waals surface area contributed by atoms with E-state index in [1.54, 1.807) is 30.3 Å². The number of para-hydroxylation sites is 1. The Morgan fingerprint density at radius 3 is 2.54 bits per heavy atom. The molecule has 12 heteroatoms. The van der Waals surface area contributed by atoms with Crippen LogP contribution in [0.1, 0.15) is 43.5 Å². The Bertz CT molecular complexity index is 1270. The average Bonchev–Trinajstić information content (AvgIpc) is 3.39. The Labute approximate surface area is 225 Å². The lowest BCUT2D eigenvalue weighted by Gasteiger charge is -2.25. The summed E-state index contributed by atoms with van der Waals surface area (Å²) in [6.45, 7) is 3.01. The molecule has 0 radical (unpaired) electrons. The first-order chi connectivity index (χ1) is 18.5. The maximum absolute atomic E-state index is 13.0. The first-order valence-corrected chi connectivity index (χ1v) is 12.7. The number of hydrogen-bond acceptors (Lipinski definition) is 7. The lowest BCUT2D eigenvalue weighted by atomic mass is 10.0. The van der Waals surface area contributed by atoms with E-state index in [4.69, 9.17) is 0 Å². The second kappa shape index (κ2) is 12.9. The van der Waals surface area contributed by atoms with E-state index in [9.17, 15) is 33.9 Å². The van der Waals surface area contributed by atoms with Crippen LogP contribution in [0.4, 0.5) is 0 Å². The van der Waals surface area contributed by atoms with Crippen molar-refractivity contribution in [2.75, 3.05) is 26.7 Å². The van der Waals surface area contributed by atoms with Crippen molar-refractivity contribution in [2.45, 2.75) is 45.2 Å². The number of ketones is 1. The van der Waals surface area contributed by atoms with Crippen molar-refractivity contribution in [3.63, 3.8) is 0 Å². The lowest BCUT2D eigenvalue weighted by Crippen LogP contribution is -2.51. The molecule has 12 nitrogen and oxygen atoms in total. The van der Waals surface area contributed by atoms with E-state index in [0.717, 1.165) is 4.90 Å². The number of aromatic nitrogens is 1. The molecule has 0 saturated carbocycles. The number of hydrogen-bond donors (Lipinski definition) is 3. The molecule has 0 bridgehead atoms. The van der Waals surface area contributed by atoms with Crippen molar-refractivity contribution in [3.8, 4) is 0 Å². The van der Waals surface area contributed by atoms with Crippen LogP contribution in [0, 0.1) is 5.92 Å². The number of carboxylic acid groups (broad SMARTS) is 1. The normalized spacial score (nSPS) is 15.6. The molecule has 1 aromatic carbocycles. The number of pyridine rings is 1. The minimum atomic E-state index is -1.19. The molecule has 1 saturated heterocycles. The number of Topliss-reactive ketones (excluding diaryl/α,β-unsaturated/α-hetero) is 1. The van der Waals surface area contributed by atoms with Gasteiger partial charge in [-0.15, -0.1) is 0 Å². The quantitative estimate of drug-likeness (QED) is 0.349. The zero-order valence-corrected chi connectivity index (χ0v) is 22.2. The molecular formula is C27H33N5O7. The number of carbonyl (C=O) groups is 6. The molecule has 1 aromatic heterocycles. The average molecular weight is 540 g/mol. The third-order valence-electron chi connectivity index (χ3n) is 6.45. The first-order valence-electron chi connectivity index (χ1n) is 12.7. The van der Waals surface area contributed by atoms with Crippen LogP contribution >= 0.6 is 0 Å². The number of rotatable bonds is 11. The van der Waals surface area contributed by atoms with Crippen LogP contribution in [0.3, 0.4) is 0 Å². The Balaban J connectivity index is 1.57. The van der Waals surface area contributed by atoms with E-state index in [-0.39, 0.29) is 31.8 Å². The molecule has 0 spiro atoms. The monoisotopic (exact) mass is 539 g/mol. The maximum Gasteiger partial charge on any atom is 0.326 e. The van der Waals surface area contributed by atoms with Gasteiger partial charge in [-0.05, 0) is 37.3 Å². The summed E-state index contributed by atoms with van der Waals surface area (Å²) < 4.78 is 0. The number of benzene rings is 1. The molecule has 0 aliphatic carbocycles. The van der Waals surface area contributed by atoms with Gasteiger partial charge in [0.1, 0.15) is 12.1 Å². The van der Waals surface area contributed by atoms with Gasteiger partial charge in [-0.3, -0.25) is 29.0 Å². The summed E-state index contributed by atoms with van der Waals surface area (Å²) in [5.74, 6) is -4.67. The highest BCUT2D eigenvalue weighted by molar-refractivity contribution is 6.38. The second-order valence-corrected chi connectivity index (χ2v) is 9.92. The maximum atomic E-state index is 13.0. The van der Waals surface area contributed by atoms with Crippen LogP contribution in [0.2, 0.25) is 0 Å². The predicted octanol–water partition coefficient (Wildman–Crippen LogP) is 0.599. The Kier molecular flexibility index (Phi) is 9.69. The number of likely N-dealkylation sites (N-methyl/N-ethyl adjacent to an activating group) is 1. The summed E-state index contributed by atoms with van der Waals surface area (Å²) in [6, 6.07) is 6.53. The van der Waals surface area contributed by atoms with Gasteiger partial charge in [0.05, 0.1) is 24.2 Å². The Morgan fingerprint density at radius 2 is 1.85 bits per heavy atom. The third-order valence-corrected chi connectivity index (χ3v) is 6.45. The van der Waals surface area contributed by atoms with Crippen LogP contribution in [0.25, 0.3) is 10.9 Å². The minimum Gasteiger partial charge on any atom is -0.480 e. The lowest BCUT2D eigenvalue weighted by molar-refractivity contribution is -0.149. The smallest absolute Gasteiger partial charge is 0.326 e. The molecule has 208 valence electrons. The molecule has 1 unspecified atom stereocenters. The number of nitrogens with one attached hydrogen (secondary N) is 2. The minimum absolute atomic E-state index is 0.0204. The summed E-state index contributed by atoms with van der Waals surface area (Å²) in [4.78, 5) is 81.5. The van der Waals surface area contributed by atoms with E-state index in [1.807, 2.05) is 13.8 Å². The summed E-state index contributed by atoms with van der Waals surface area (Å²) in [6.07, 6.45) is 2.49. The van der Waals surface area contributed by atoms with Crippen LogP contribution in [-0.4, -0.2) is 94.0 Å². The molecule has 1 fully saturated rings. The van der Waals surface area contributed by atoms with Crippen molar-refractivity contribution in [1.82, 2.24) is 25.4 Å². The van der Waals surface area contributed by atoms with Gasteiger partial charge in [0.25, 0.3) is 11.8 Å². The topological polar surface area (TPSA) is 166 Å². The van der Waals surface area contributed by atoms with Gasteiger partial charge in [-0.25, -0.2) is 4.79 Å². The molecule has 2 aromatic rings. The van der Waals surface area contributed by atoms with Crippen molar-refractivity contribution < 1.29 is 33.9 Å². The van der Waals surface area contributed by atoms with Gasteiger partial charge in [0, 0.05) is 25.2 Å². The van der Waals surface area contributed by atoms with Gasteiger partial charge < -0.3 is 25.5 Å². The number of carboxylic acids is 1. The molecule has 2 heterocycles. The van der Waals surface area contributed by atoms with E-state index in [2.05, 4.69) is 15.6 Å². The molecule has 39 heavy (non-hydrogen) atoms. The van der Waals surface area contributed by atoms with Crippen LogP contribution < -0.4 is 10.6 Å². The number of aliphatic carboxylic acids is 1. The van der Waals surface area contributed by atoms with Crippen LogP contribution in [0.5, 0.6) is 0 Å². The predicted molar refractivity (Wildman–Crippen MR) is 140 cm³/mol. The van der Waals surface area contributed by atoms with Crippen molar-refractivity contribution in [2.24, 2.45) is 5.92 Å². The van der Waals surface area contributed by atoms with Crippen molar-refractivity contribution in [1.29, 1.82) is 0 Å². The van der Waals surface area contributed by atoms with E-state index < -0.39 is 54.0 Å². The van der Waals surface area contributed by atoms with Crippen LogP contribution in [-0.2, 0) is 24.0 Å². The number of amides is 4. The fraction of sp³-hybridized carbons (Fsp3) is 0.444. The molecule has 1 aliphatic rings. The molecular weight excluding hydrogens is 506 g/mol.